The molecule has 2 atom stereocenters. The fraction of sp³-hybridized carbons (Fsp3) is 0.385. The predicted octanol–water partition coefficient (Wildman–Crippen LogP) is 0.667. The number of carbonyl (C=O) groups is 2. The maximum Gasteiger partial charge on any atom is 0.337 e. The van der Waals surface area contributed by atoms with Crippen molar-refractivity contribution in [3.05, 3.63) is 29.8 Å². The van der Waals surface area contributed by atoms with Crippen LogP contribution in [-0.4, -0.2) is 42.8 Å². The largest absolute Gasteiger partial charge is 0.489 e. The molecule has 102 valence electrons. The van der Waals surface area contributed by atoms with Crippen molar-refractivity contribution in [1.82, 2.24) is 5.32 Å². The summed E-state index contributed by atoms with van der Waals surface area (Å²) >= 11 is 0. The molecule has 6 heteroatoms. The van der Waals surface area contributed by atoms with Crippen molar-refractivity contribution in [1.29, 1.82) is 0 Å². The first kappa shape index (κ1) is 13.4. The molecule has 0 aliphatic carbocycles. The van der Waals surface area contributed by atoms with E-state index in [9.17, 15) is 9.59 Å². The van der Waals surface area contributed by atoms with Crippen LogP contribution in [0.4, 0.5) is 0 Å². The Labute approximate surface area is 110 Å². The normalized spacial score (nSPS) is 21.9. The smallest absolute Gasteiger partial charge is 0.337 e. The summed E-state index contributed by atoms with van der Waals surface area (Å²) in [4.78, 5) is 22.0. The van der Waals surface area contributed by atoms with Gasteiger partial charge in [-0.3, -0.25) is 4.79 Å². The van der Waals surface area contributed by atoms with Gasteiger partial charge in [-0.25, -0.2) is 4.79 Å². The third kappa shape index (κ3) is 3.23. The zero-order valence-electron chi connectivity index (χ0n) is 10.5. The summed E-state index contributed by atoms with van der Waals surface area (Å²) in [5.74, 6) is -0.669. The molecule has 19 heavy (non-hydrogen) atoms. The molecule has 0 spiro atoms. The van der Waals surface area contributed by atoms with Gasteiger partial charge in [0, 0.05) is 13.0 Å². The maximum atomic E-state index is 11.2. The summed E-state index contributed by atoms with van der Waals surface area (Å²) in [6.07, 6.45) is 0.249. The Morgan fingerprint density at radius 2 is 2.00 bits per heavy atom. The Bertz CT molecular complexity index is 470. The summed E-state index contributed by atoms with van der Waals surface area (Å²) in [7, 11) is 1.32. The number of carboxylic acid groups (broad SMARTS) is 1. The van der Waals surface area contributed by atoms with Crippen molar-refractivity contribution in [3.63, 3.8) is 0 Å². The molecule has 1 aliphatic heterocycles. The van der Waals surface area contributed by atoms with Crippen LogP contribution in [0.1, 0.15) is 16.8 Å². The van der Waals surface area contributed by atoms with Crippen LogP contribution in [0.5, 0.6) is 5.75 Å². The number of aliphatic carboxylic acids is 1. The number of nitrogens with one attached hydrogen (secondary N) is 1. The highest BCUT2D eigenvalue weighted by Crippen LogP contribution is 2.18. The average molecular weight is 265 g/mol. The number of hydrogen-bond donors (Lipinski definition) is 2. The second kappa shape index (κ2) is 5.71. The SMILES string of the molecule is COC(=O)c1ccc(O[C@@H]2CN[C@H](C(=O)O)C2)cc1. The molecule has 0 amide bonds. The zero-order valence-corrected chi connectivity index (χ0v) is 10.5. The molecule has 0 saturated carbocycles. The van der Waals surface area contributed by atoms with Crippen LogP contribution in [0, 0.1) is 0 Å². The highest BCUT2D eigenvalue weighted by atomic mass is 16.5. The summed E-state index contributed by atoms with van der Waals surface area (Å²) in [6.45, 7) is 0.496. The van der Waals surface area contributed by atoms with Gasteiger partial charge in [0.1, 0.15) is 17.9 Å². The van der Waals surface area contributed by atoms with Crippen LogP contribution in [-0.2, 0) is 9.53 Å². The van der Waals surface area contributed by atoms with Crippen LogP contribution in [0.15, 0.2) is 24.3 Å². The van der Waals surface area contributed by atoms with Gasteiger partial charge < -0.3 is 19.9 Å². The van der Waals surface area contributed by atoms with E-state index in [-0.39, 0.29) is 6.10 Å². The van der Waals surface area contributed by atoms with Crippen LogP contribution < -0.4 is 10.1 Å². The van der Waals surface area contributed by atoms with E-state index in [0.717, 1.165) is 0 Å². The number of esters is 1. The summed E-state index contributed by atoms with van der Waals surface area (Å²) in [5, 5.41) is 11.7. The molecule has 2 N–H and O–H groups in total. The number of rotatable bonds is 4. The molecular weight excluding hydrogens is 250 g/mol. The number of carboxylic acids is 1. The number of benzene rings is 1. The molecule has 0 radical (unpaired) electrons. The minimum atomic E-state index is -0.868. The minimum absolute atomic E-state index is 0.176. The lowest BCUT2D eigenvalue weighted by atomic mass is 10.2. The van der Waals surface area contributed by atoms with Gasteiger partial charge in [-0.05, 0) is 24.3 Å². The lowest BCUT2D eigenvalue weighted by Gasteiger charge is -2.12. The van der Waals surface area contributed by atoms with E-state index in [1.807, 2.05) is 0 Å². The van der Waals surface area contributed by atoms with Gasteiger partial charge in [-0.1, -0.05) is 0 Å². The van der Waals surface area contributed by atoms with Gasteiger partial charge in [0.2, 0.25) is 0 Å². The van der Waals surface area contributed by atoms with E-state index >= 15 is 0 Å². The second-order valence-electron chi connectivity index (χ2n) is 4.29. The molecule has 1 saturated heterocycles. The topological polar surface area (TPSA) is 84.9 Å². The van der Waals surface area contributed by atoms with Crippen LogP contribution in [0.25, 0.3) is 0 Å². The Balaban J connectivity index is 1.93. The van der Waals surface area contributed by atoms with Crippen molar-refractivity contribution in [3.8, 4) is 5.75 Å². The first-order chi connectivity index (χ1) is 9.10. The average Bonchev–Trinajstić information content (AvgIpc) is 2.87. The third-order valence-electron chi connectivity index (χ3n) is 2.97. The van der Waals surface area contributed by atoms with Crippen molar-refractivity contribution in [2.75, 3.05) is 13.7 Å². The standard InChI is InChI=1S/C13H15NO5/c1-18-13(17)8-2-4-9(5-3-8)19-10-6-11(12(15)16)14-7-10/h2-5,10-11,14H,6-7H2,1H3,(H,15,16)/t10-,11-/m0/s1. The molecule has 1 aromatic rings. The molecule has 2 rings (SSSR count). The summed E-state index contributed by atoms with van der Waals surface area (Å²) in [5.41, 5.74) is 0.447. The summed E-state index contributed by atoms with van der Waals surface area (Å²) in [6, 6.07) is 6.00. The minimum Gasteiger partial charge on any atom is -0.489 e. The predicted molar refractivity (Wildman–Crippen MR) is 66.2 cm³/mol. The van der Waals surface area contributed by atoms with E-state index in [1.54, 1.807) is 24.3 Å². The molecule has 1 aliphatic rings. The van der Waals surface area contributed by atoms with Crippen LogP contribution in [0.2, 0.25) is 0 Å². The lowest BCUT2D eigenvalue weighted by molar-refractivity contribution is -0.139. The molecular formula is C13H15NO5. The molecule has 1 aromatic carbocycles. The molecule has 0 unspecified atom stereocenters. The summed E-state index contributed by atoms with van der Waals surface area (Å²) < 4.78 is 10.2. The second-order valence-corrected chi connectivity index (χ2v) is 4.29. The fourth-order valence-corrected chi connectivity index (χ4v) is 1.96. The highest BCUT2D eigenvalue weighted by Gasteiger charge is 2.30. The molecule has 6 nitrogen and oxygen atoms in total. The number of methoxy groups -OCH3 is 1. The zero-order chi connectivity index (χ0) is 13.8. The maximum absolute atomic E-state index is 11.2. The van der Waals surface area contributed by atoms with E-state index in [1.165, 1.54) is 7.11 Å². The number of ether oxygens (including phenoxy) is 2. The van der Waals surface area contributed by atoms with Crippen molar-refractivity contribution in [2.24, 2.45) is 0 Å². The van der Waals surface area contributed by atoms with Crippen LogP contribution in [0.3, 0.4) is 0 Å². The Morgan fingerprint density at radius 1 is 1.32 bits per heavy atom. The van der Waals surface area contributed by atoms with Crippen molar-refractivity contribution in [2.45, 2.75) is 18.6 Å². The van der Waals surface area contributed by atoms with Gasteiger partial charge in [0.15, 0.2) is 0 Å². The van der Waals surface area contributed by atoms with Gasteiger partial charge in [-0.15, -0.1) is 0 Å². The van der Waals surface area contributed by atoms with Gasteiger partial charge in [0.25, 0.3) is 0 Å². The van der Waals surface area contributed by atoms with Gasteiger partial charge in [0.05, 0.1) is 12.7 Å². The van der Waals surface area contributed by atoms with Crippen LogP contribution >= 0.6 is 0 Å². The van der Waals surface area contributed by atoms with Crippen molar-refractivity contribution >= 4 is 11.9 Å². The van der Waals surface area contributed by atoms with E-state index in [0.29, 0.717) is 24.3 Å². The van der Waals surface area contributed by atoms with E-state index in [4.69, 9.17) is 9.84 Å². The highest BCUT2D eigenvalue weighted by molar-refractivity contribution is 5.89. The number of carbonyl (C=O) groups excluding carboxylic acids is 1. The molecule has 1 fully saturated rings. The molecule has 0 bridgehead atoms. The quantitative estimate of drug-likeness (QED) is 0.778. The first-order valence-electron chi connectivity index (χ1n) is 5.91. The van der Waals surface area contributed by atoms with Gasteiger partial charge >= 0.3 is 11.9 Å². The van der Waals surface area contributed by atoms with E-state index < -0.39 is 18.0 Å². The van der Waals surface area contributed by atoms with Gasteiger partial charge in [-0.2, -0.15) is 0 Å². The molecule has 0 aromatic heterocycles. The third-order valence-corrected chi connectivity index (χ3v) is 2.97. The van der Waals surface area contributed by atoms with Crippen molar-refractivity contribution < 1.29 is 24.2 Å². The van der Waals surface area contributed by atoms with E-state index in [2.05, 4.69) is 10.1 Å². The first-order valence-corrected chi connectivity index (χ1v) is 5.91. The Hall–Kier alpha value is -2.08. The molecule has 1 heterocycles. The number of hydrogen-bond acceptors (Lipinski definition) is 5. The fourth-order valence-electron chi connectivity index (χ4n) is 1.96. The lowest BCUT2D eigenvalue weighted by Crippen LogP contribution is -2.30. The Morgan fingerprint density at radius 3 is 2.53 bits per heavy atom. The Kier molecular flexibility index (Phi) is 4.01. The monoisotopic (exact) mass is 265 g/mol.